The van der Waals surface area contributed by atoms with Gasteiger partial charge < -0.3 is 0 Å². The molecule has 0 atom stereocenters. The van der Waals surface area contributed by atoms with E-state index in [-0.39, 0.29) is 0 Å². The largest absolute Gasteiger partial charge is 0.0843 e. The zero-order valence-corrected chi connectivity index (χ0v) is 13.7. The Balaban J connectivity index is 1.77. The first-order valence-corrected chi connectivity index (χ1v) is 10.3. The van der Waals surface area contributed by atoms with Crippen molar-refractivity contribution in [3.05, 3.63) is 34.9 Å². The van der Waals surface area contributed by atoms with Crippen LogP contribution in [0.4, 0.5) is 0 Å². The molecule has 0 aliphatic heterocycles. The standard InChI is InChI=1S/C16H25ClSi/c1-18-12-2-3-13-4-6-14(7-5-13)15-8-10-16(17)11-9-15/h8-11,13-14H,2-7,12,18H2,1H3. The second kappa shape index (κ2) is 7.35. The molecule has 0 nitrogen and oxygen atoms in total. The molecule has 0 bridgehead atoms. The summed E-state index contributed by atoms with van der Waals surface area (Å²) in [6, 6.07) is 10.1. The van der Waals surface area contributed by atoms with Crippen molar-refractivity contribution in [2.24, 2.45) is 5.92 Å². The number of hydrogen-bond donors (Lipinski definition) is 0. The fourth-order valence-corrected chi connectivity index (χ4v) is 4.12. The Hall–Kier alpha value is -0.273. The minimum atomic E-state index is 0.299. The van der Waals surface area contributed by atoms with Gasteiger partial charge in [0.15, 0.2) is 0 Å². The van der Waals surface area contributed by atoms with E-state index >= 15 is 0 Å². The summed E-state index contributed by atoms with van der Waals surface area (Å²) in [6.07, 6.45) is 8.65. The third kappa shape index (κ3) is 4.13. The van der Waals surface area contributed by atoms with E-state index in [1.807, 2.05) is 12.1 Å². The van der Waals surface area contributed by atoms with Crippen molar-refractivity contribution in [3.63, 3.8) is 0 Å². The summed E-state index contributed by atoms with van der Waals surface area (Å²) >= 11 is 5.95. The summed E-state index contributed by atoms with van der Waals surface area (Å²) < 4.78 is 0. The van der Waals surface area contributed by atoms with E-state index in [1.54, 1.807) is 6.04 Å². The maximum absolute atomic E-state index is 5.95. The third-order valence-corrected chi connectivity index (χ3v) is 5.86. The SMILES string of the molecule is C[SiH2]CCCC1CCC(c2ccc(Cl)cc2)CC1. The van der Waals surface area contributed by atoms with Crippen molar-refractivity contribution < 1.29 is 0 Å². The molecule has 2 heteroatoms. The third-order valence-electron chi connectivity index (χ3n) is 4.40. The summed E-state index contributed by atoms with van der Waals surface area (Å²) in [5.41, 5.74) is 1.50. The van der Waals surface area contributed by atoms with E-state index in [1.165, 1.54) is 44.1 Å². The molecule has 0 spiro atoms. The number of benzene rings is 1. The smallest absolute Gasteiger partial charge is 0.0406 e. The van der Waals surface area contributed by atoms with Crippen LogP contribution in [-0.2, 0) is 0 Å². The van der Waals surface area contributed by atoms with Crippen molar-refractivity contribution in [2.75, 3.05) is 0 Å². The minimum absolute atomic E-state index is 0.299. The highest BCUT2D eigenvalue weighted by molar-refractivity contribution is 6.33. The normalized spacial score (nSPS) is 24.8. The molecule has 1 fully saturated rings. The van der Waals surface area contributed by atoms with Crippen molar-refractivity contribution in [2.45, 2.75) is 57.0 Å². The van der Waals surface area contributed by atoms with Crippen LogP contribution in [0.2, 0.25) is 17.6 Å². The van der Waals surface area contributed by atoms with E-state index < -0.39 is 0 Å². The molecule has 18 heavy (non-hydrogen) atoms. The quantitative estimate of drug-likeness (QED) is 0.524. The Bertz CT molecular complexity index is 339. The van der Waals surface area contributed by atoms with Crippen LogP contribution in [0, 0.1) is 5.92 Å². The molecule has 0 aromatic heterocycles. The first kappa shape index (κ1) is 14.1. The lowest BCUT2D eigenvalue weighted by Crippen LogP contribution is -2.13. The van der Waals surface area contributed by atoms with E-state index in [9.17, 15) is 0 Å². The highest BCUT2D eigenvalue weighted by Gasteiger charge is 2.21. The lowest BCUT2D eigenvalue weighted by Gasteiger charge is -2.28. The van der Waals surface area contributed by atoms with Gasteiger partial charge in [0.2, 0.25) is 0 Å². The highest BCUT2D eigenvalue weighted by atomic mass is 35.5. The van der Waals surface area contributed by atoms with Gasteiger partial charge in [-0.1, -0.05) is 49.2 Å². The second-order valence-corrected chi connectivity index (χ2v) is 7.91. The number of rotatable bonds is 5. The average Bonchev–Trinajstić information content (AvgIpc) is 2.41. The van der Waals surface area contributed by atoms with Crippen molar-refractivity contribution in [1.29, 1.82) is 0 Å². The molecule has 2 rings (SSSR count). The lowest BCUT2D eigenvalue weighted by molar-refractivity contribution is 0.308. The van der Waals surface area contributed by atoms with Crippen LogP contribution in [0.5, 0.6) is 0 Å². The van der Waals surface area contributed by atoms with Crippen LogP contribution in [0.3, 0.4) is 0 Å². The Morgan fingerprint density at radius 3 is 2.39 bits per heavy atom. The van der Waals surface area contributed by atoms with E-state index in [4.69, 9.17) is 11.6 Å². The predicted molar refractivity (Wildman–Crippen MR) is 84.6 cm³/mol. The summed E-state index contributed by atoms with van der Waals surface area (Å²) in [7, 11) is 0.299. The maximum atomic E-state index is 5.95. The van der Waals surface area contributed by atoms with Crippen LogP contribution in [0.25, 0.3) is 0 Å². The van der Waals surface area contributed by atoms with Gasteiger partial charge in [0.05, 0.1) is 0 Å². The van der Waals surface area contributed by atoms with Gasteiger partial charge in [0, 0.05) is 14.5 Å². The van der Waals surface area contributed by atoms with E-state index in [0.29, 0.717) is 9.52 Å². The van der Waals surface area contributed by atoms with Gasteiger partial charge >= 0.3 is 0 Å². The molecule has 1 aliphatic carbocycles. The highest BCUT2D eigenvalue weighted by Crippen LogP contribution is 2.37. The van der Waals surface area contributed by atoms with Crippen LogP contribution < -0.4 is 0 Å². The number of hydrogen-bond acceptors (Lipinski definition) is 0. The van der Waals surface area contributed by atoms with Gasteiger partial charge in [-0.05, 0) is 55.2 Å². The van der Waals surface area contributed by atoms with Gasteiger partial charge in [0.1, 0.15) is 0 Å². The molecule has 0 saturated heterocycles. The molecule has 0 N–H and O–H groups in total. The first-order chi connectivity index (χ1) is 8.79. The predicted octanol–water partition coefficient (Wildman–Crippen LogP) is 5.03. The Kier molecular flexibility index (Phi) is 5.77. The van der Waals surface area contributed by atoms with Crippen LogP contribution in [0.1, 0.15) is 50.0 Å². The molecular formula is C16H25ClSi. The lowest BCUT2D eigenvalue weighted by atomic mass is 9.77. The molecule has 0 unspecified atom stereocenters. The van der Waals surface area contributed by atoms with E-state index in [0.717, 1.165) is 16.9 Å². The van der Waals surface area contributed by atoms with Gasteiger partial charge in [-0.3, -0.25) is 0 Å². The monoisotopic (exact) mass is 280 g/mol. The fraction of sp³-hybridized carbons (Fsp3) is 0.625. The Morgan fingerprint density at radius 1 is 1.11 bits per heavy atom. The fourth-order valence-electron chi connectivity index (χ4n) is 3.20. The molecule has 0 radical (unpaired) electrons. The van der Waals surface area contributed by atoms with Gasteiger partial charge in [-0.2, -0.15) is 0 Å². The molecule has 100 valence electrons. The Morgan fingerprint density at radius 2 is 1.78 bits per heavy atom. The molecule has 0 heterocycles. The minimum Gasteiger partial charge on any atom is -0.0843 e. The van der Waals surface area contributed by atoms with Crippen LogP contribution in [0.15, 0.2) is 24.3 Å². The Labute approximate surface area is 119 Å². The second-order valence-electron chi connectivity index (χ2n) is 5.76. The average molecular weight is 281 g/mol. The zero-order valence-electron chi connectivity index (χ0n) is 11.5. The van der Waals surface area contributed by atoms with Crippen molar-refractivity contribution in [1.82, 2.24) is 0 Å². The zero-order chi connectivity index (χ0) is 12.8. The van der Waals surface area contributed by atoms with Crippen LogP contribution in [-0.4, -0.2) is 9.52 Å². The van der Waals surface area contributed by atoms with Gasteiger partial charge in [0.25, 0.3) is 0 Å². The van der Waals surface area contributed by atoms with E-state index in [2.05, 4.69) is 18.7 Å². The number of halogens is 1. The van der Waals surface area contributed by atoms with Gasteiger partial charge in [-0.25, -0.2) is 0 Å². The molecule has 1 saturated carbocycles. The van der Waals surface area contributed by atoms with Crippen molar-refractivity contribution in [3.8, 4) is 0 Å². The summed E-state index contributed by atoms with van der Waals surface area (Å²) in [4.78, 5) is 0. The first-order valence-electron chi connectivity index (χ1n) is 7.55. The maximum Gasteiger partial charge on any atom is 0.0406 e. The summed E-state index contributed by atoms with van der Waals surface area (Å²) in [5.74, 6) is 1.81. The molecule has 1 aliphatic rings. The summed E-state index contributed by atoms with van der Waals surface area (Å²) in [6.45, 7) is 2.43. The molecule has 1 aromatic carbocycles. The van der Waals surface area contributed by atoms with Crippen LogP contribution >= 0.6 is 11.6 Å². The summed E-state index contributed by atoms with van der Waals surface area (Å²) in [5, 5.41) is 0.858. The topological polar surface area (TPSA) is 0 Å². The van der Waals surface area contributed by atoms with Gasteiger partial charge in [-0.15, -0.1) is 0 Å². The molecular weight excluding hydrogens is 256 g/mol. The molecule has 0 amide bonds. The molecule has 1 aromatic rings. The van der Waals surface area contributed by atoms with Crippen molar-refractivity contribution >= 4 is 21.1 Å².